The molecule has 0 bridgehead atoms. The molecule has 0 aromatic heterocycles. The van der Waals surface area contributed by atoms with E-state index >= 15 is 0 Å². The van der Waals surface area contributed by atoms with E-state index in [0.717, 1.165) is 18.1 Å². The van der Waals surface area contributed by atoms with E-state index in [1.807, 2.05) is 29.7 Å². The average Bonchev–Trinajstić information content (AvgIpc) is 2.16. The Morgan fingerprint density at radius 1 is 1.77 bits per heavy atom. The largest absolute Gasteiger partial charge is 0.337 e. The van der Waals surface area contributed by atoms with Crippen molar-refractivity contribution in [2.24, 2.45) is 5.92 Å². The van der Waals surface area contributed by atoms with Gasteiger partial charge in [0, 0.05) is 24.1 Å². The van der Waals surface area contributed by atoms with Crippen LogP contribution in [0.1, 0.15) is 13.8 Å². The van der Waals surface area contributed by atoms with Crippen LogP contribution in [-0.2, 0) is 4.79 Å². The highest BCUT2D eigenvalue weighted by Gasteiger charge is 2.26. The molecule has 0 saturated carbocycles. The lowest BCUT2D eigenvalue weighted by atomic mass is 10.1. The summed E-state index contributed by atoms with van der Waals surface area (Å²) in [6, 6.07) is 2.26. The van der Waals surface area contributed by atoms with E-state index in [4.69, 9.17) is 5.26 Å². The van der Waals surface area contributed by atoms with Crippen LogP contribution >= 0.6 is 11.8 Å². The van der Waals surface area contributed by atoms with Crippen LogP contribution in [-0.4, -0.2) is 34.9 Å². The molecule has 2 unspecified atom stereocenters. The maximum atomic E-state index is 11.6. The molecule has 1 fully saturated rings. The smallest absolute Gasteiger partial charge is 0.239 e. The zero-order chi connectivity index (χ0) is 9.84. The summed E-state index contributed by atoms with van der Waals surface area (Å²) in [6.45, 7) is 4.49. The van der Waals surface area contributed by atoms with E-state index in [0.29, 0.717) is 0 Å². The molecule has 0 radical (unpaired) electrons. The van der Waals surface area contributed by atoms with Gasteiger partial charge in [0.1, 0.15) is 5.92 Å². The number of hydrogen-bond donors (Lipinski definition) is 0. The quantitative estimate of drug-likeness (QED) is 0.634. The fourth-order valence-corrected chi connectivity index (χ4v) is 2.37. The van der Waals surface area contributed by atoms with Crippen molar-refractivity contribution in [3.8, 4) is 6.07 Å². The normalized spacial score (nSPS) is 25.0. The van der Waals surface area contributed by atoms with Crippen LogP contribution in [0.15, 0.2) is 0 Å². The maximum Gasteiger partial charge on any atom is 0.239 e. The minimum absolute atomic E-state index is 0.0182. The SMILES string of the molecule is CC(C#N)C(=O)N1CCSCC1C. The molecule has 1 rings (SSSR count). The van der Waals surface area contributed by atoms with Crippen molar-refractivity contribution in [2.75, 3.05) is 18.1 Å². The van der Waals surface area contributed by atoms with Gasteiger partial charge in [-0.1, -0.05) is 0 Å². The van der Waals surface area contributed by atoms with Crippen LogP contribution in [0.25, 0.3) is 0 Å². The van der Waals surface area contributed by atoms with Crippen LogP contribution in [0.3, 0.4) is 0 Å². The van der Waals surface area contributed by atoms with Gasteiger partial charge >= 0.3 is 0 Å². The number of rotatable bonds is 1. The predicted octanol–water partition coefficient (Wildman–Crippen LogP) is 1.11. The van der Waals surface area contributed by atoms with E-state index < -0.39 is 5.92 Å². The second kappa shape index (κ2) is 4.52. The Bertz CT molecular complexity index is 236. The van der Waals surface area contributed by atoms with E-state index in [1.54, 1.807) is 6.92 Å². The number of nitriles is 1. The molecule has 2 atom stereocenters. The Morgan fingerprint density at radius 2 is 2.46 bits per heavy atom. The van der Waals surface area contributed by atoms with Crippen molar-refractivity contribution >= 4 is 17.7 Å². The first-order chi connectivity index (χ1) is 6.16. The number of hydrogen-bond acceptors (Lipinski definition) is 3. The Kier molecular flexibility index (Phi) is 3.61. The monoisotopic (exact) mass is 198 g/mol. The van der Waals surface area contributed by atoms with Crippen LogP contribution in [0.2, 0.25) is 0 Å². The topological polar surface area (TPSA) is 44.1 Å². The van der Waals surface area contributed by atoms with Gasteiger partial charge in [0.15, 0.2) is 0 Å². The van der Waals surface area contributed by atoms with Crippen LogP contribution < -0.4 is 0 Å². The maximum absolute atomic E-state index is 11.6. The van der Waals surface area contributed by atoms with Gasteiger partial charge in [-0.3, -0.25) is 4.79 Å². The van der Waals surface area contributed by atoms with Crippen molar-refractivity contribution < 1.29 is 4.79 Å². The molecule has 0 aromatic rings. The summed E-state index contributed by atoms with van der Waals surface area (Å²) in [5.74, 6) is 1.47. The summed E-state index contributed by atoms with van der Waals surface area (Å²) >= 11 is 1.87. The van der Waals surface area contributed by atoms with Crippen LogP contribution in [0.4, 0.5) is 0 Å². The molecule has 0 aliphatic carbocycles. The molecule has 1 aliphatic rings. The average molecular weight is 198 g/mol. The third-order valence-corrected chi connectivity index (χ3v) is 3.40. The summed E-state index contributed by atoms with van der Waals surface area (Å²) in [7, 11) is 0. The molecule has 1 saturated heterocycles. The van der Waals surface area contributed by atoms with Gasteiger partial charge in [-0.05, 0) is 13.8 Å². The van der Waals surface area contributed by atoms with Gasteiger partial charge in [-0.25, -0.2) is 0 Å². The highest BCUT2D eigenvalue weighted by molar-refractivity contribution is 7.99. The zero-order valence-electron chi connectivity index (χ0n) is 7.99. The number of thioether (sulfide) groups is 1. The molecule has 0 aromatic carbocycles. The van der Waals surface area contributed by atoms with Gasteiger partial charge in [0.25, 0.3) is 0 Å². The summed E-state index contributed by atoms with van der Waals surface area (Å²) in [5, 5.41) is 8.62. The van der Waals surface area contributed by atoms with Crippen molar-refractivity contribution in [1.29, 1.82) is 5.26 Å². The fraction of sp³-hybridized carbons (Fsp3) is 0.778. The Hall–Kier alpha value is -0.690. The molecule has 0 N–H and O–H groups in total. The first-order valence-electron chi connectivity index (χ1n) is 4.44. The lowest BCUT2D eigenvalue weighted by molar-refractivity contribution is -0.134. The minimum Gasteiger partial charge on any atom is -0.337 e. The summed E-state index contributed by atoms with van der Waals surface area (Å²) < 4.78 is 0. The molecule has 1 aliphatic heterocycles. The molecule has 1 amide bonds. The van der Waals surface area contributed by atoms with Crippen LogP contribution in [0, 0.1) is 17.2 Å². The summed E-state index contributed by atoms with van der Waals surface area (Å²) in [4.78, 5) is 13.5. The van der Waals surface area contributed by atoms with Crippen molar-refractivity contribution in [3.05, 3.63) is 0 Å². The Labute approximate surface area is 83.1 Å². The lowest BCUT2D eigenvalue weighted by Crippen LogP contribution is -2.46. The third-order valence-electron chi connectivity index (χ3n) is 2.21. The van der Waals surface area contributed by atoms with Crippen molar-refractivity contribution in [3.63, 3.8) is 0 Å². The number of carbonyl (C=O) groups is 1. The molecule has 4 heteroatoms. The molecular formula is C9H14N2OS. The van der Waals surface area contributed by atoms with Gasteiger partial charge < -0.3 is 4.90 Å². The molecule has 72 valence electrons. The predicted molar refractivity (Wildman–Crippen MR) is 53.3 cm³/mol. The molecule has 1 heterocycles. The van der Waals surface area contributed by atoms with E-state index in [1.165, 1.54) is 0 Å². The zero-order valence-corrected chi connectivity index (χ0v) is 8.80. The van der Waals surface area contributed by atoms with Gasteiger partial charge in [-0.2, -0.15) is 17.0 Å². The van der Waals surface area contributed by atoms with E-state index in [-0.39, 0.29) is 11.9 Å². The molecule has 13 heavy (non-hydrogen) atoms. The fourth-order valence-electron chi connectivity index (χ4n) is 1.36. The third kappa shape index (κ3) is 2.38. The van der Waals surface area contributed by atoms with Gasteiger partial charge in [0.2, 0.25) is 5.91 Å². The van der Waals surface area contributed by atoms with Crippen LogP contribution in [0.5, 0.6) is 0 Å². The second-order valence-electron chi connectivity index (χ2n) is 3.31. The molecule has 0 spiro atoms. The number of nitrogens with zero attached hydrogens (tertiary/aromatic N) is 2. The number of carbonyl (C=O) groups excluding carboxylic acids is 1. The van der Waals surface area contributed by atoms with Crippen molar-refractivity contribution in [1.82, 2.24) is 4.90 Å². The molecular weight excluding hydrogens is 184 g/mol. The standard InChI is InChI=1S/C9H14N2OS/c1-7(5-10)9(12)11-3-4-13-6-8(11)2/h7-8H,3-4,6H2,1-2H3. The van der Waals surface area contributed by atoms with Gasteiger partial charge in [0.05, 0.1) is 6.07 Å². The van der Waals surface area contributed by atoms with Crippen molar-refractivity contribution in [2.45, 2.75) is 19.9 Å². The summed E-state index contributed by atoms with van der Waals surface area (Å²) in [6.07, 6.45) is 0. The number of amides is 1. The Balaban J connectivity index is 2.59. The lowest BCUT2D eigenvalue weighted by Gasteiger charge is -2.33. The Morgan fingerprint density at radius 3 is 3.00 bits per heavy atom. The first kappa shape index (κ1) is 10.4. The highest BCUT2D eigenvalue weighted by Crippen LogP contribution is 2.17. The first-order valence-corrected chi connectivity index (χ1v) is 5.60. The van der Waals surface area contributed by atoms with E-state index in [2.05, 4.69) is 0 Å². The van der Waals surface area contributed by atoms with E-state index in [9.17, 15) is 4.79 Å². The molecule has 3 nitrogen and oxygen atoms in total. The second-order valence-corrected chi connectivity index (χ2v) is 4.46. The van der Waals surface area contributed by atoms with Gasteiger partial charge in [-0.15, -0.1) is 0 Å². The summed E-state index contributed by atoms with van der Waals surface area (Å²) in [5.41, 5.74) is 0. The highest BCUT2D eigenvalue weighted by atomic mass is 32.2. The minimum atomic E-state index is -0.495.